The molecule has 0 radical (unpaired) electrons. The molecule has 2 unspecified atom stereocenters. The Hall–Kier alpha value is -1.95. The number of anilines is 1. The van der Waals surface area contributed by atoms with E-state index in [1.54, 1.807) is 12.1 Å². The molecule has 5 nitrogen and oxygen atoms in total. The Morgan fingerprint density at radius 1 is 1.18 bits per heavy atom. The number of rotatable bonds is 7. The second-order valence-corrected chi connectivity index (χ2v) is 8.06. The molecule has 1 aromatic rings. The Morgan fingerprint density at radius 3 is 2.54 bits per heavy atom. The molecule has 2 aliphatic rings. The van der Waals surface area contributed by atoms with Crippen LogP contribution in [0.5, 0.6) is 0 Å². The highest BCUT2D eigenvalue weighted by atomic mass is 19.1. The Kier molecular flexibility index (Phi) is 7.05. The van der Waals surface area contributed by atoms with Crippen LogP contribution in [0.2, 0.25) is 0 Å². The summed E-state index contributed by atoms with van der Waals surface area (Å²) in [5.41, 5.74) is 1.26. The maximum atomic E-state index is 14.7. The van der Waals surface area contributed by atoms with Crippen molar-refractivity contribution < 1.29 is 14.0 Å². The van der Waals surface area contributed by atoms with Gasteiger partial charge in [0, 0.05) is 50.4 Å². The van der Waals surface area contributed by atoms with Gasteiger partial charge in [-0.2, -0.15) is 0 Å². The van der Waals surface area contributed by atoms with Crippen molar-refractivity contribution in [1.29, 1.82) is 0 Å². The number of piperazine rings is 1. The van der Waals surface area contributed by atoms with E-state index in [2.05, 4.69) is 29.0 Å². The fourth-order valence-corrected chi connectivity index (χ4v) is 4.37. The van der Waals surface area contributed by atoms with Gasteiger partial charge in [0.1, 0.15) is 5.82 Å². The van der Waals surface area contributed by atoms with Gasteiger partial charge in [-0.15, -0.1) is 0 Å². The topological polar surface area (TPSA) is 52.6 Å². The molecule has 0 saturated carbocycles. The molecule has 1 N–H and O–H groups in total. The number of imide groups is 1. The highest BCUT2D eigenvalue weighted by molar-refractivity contribution is 6.01. The molecule has 2 amide bonds. The second-order valence-electron chi connectivity index (χ2n) is 8.06. The number of benzene rings is 1. The molecule has 2 fully saturated rings. The fraction of sp³-hybridized carbons (Fsp3) is 0.636. The van der Waals surface area contributed by atoms with E-state index in [0.29, 0.717) is 12.0 Å². The van der Waals surface area contributed by atoms with E-state index in [1.165, 1.54) is 19.3 Å². The monoisotopic (exact) mass is 389 g/mol. The van der Waals surface area contributed by atoms with Crippen LogP contribution in [0.15, 0.2) is 18.2 Å². The van der Waals surface area contributed by atoms with E-state index in [0.717, 1.165) is 44.3 Å². The zero-order valence-electron chi connectivity index (χ0n) is 17.0. The molecular formula is C22H32FN3O2. The lowest BCUT2D eigenvalue weighted by molar-refractivity contribution is -0.134. The first-order chi connectivity index (χ1) is 13.5. The van der Waals surface area contributed by atoms with E-state index >= 15 is 0 Å². The number of carbonyl (C=O) groups is 2. The minimum atomic E-state index is -0.576. The minimum absolute atomic E-state index is 0.260. The van der Waals surface area contributed by atoms with Crippen molar-refractivity contribution >= 4 is 17.5 Å². The Bertz CT molecular complexity index is 701. The standard InChI is InChI=1S/C22H32FN3O2/c1-3-5-16(4-2)15-25-10-12-26(13-11-25)17-6-7-18(20(23)14-17)19-8-9-21(27)24-22(19)28/h6-7,14,16,19H,3-5,8-13,15H2,1-2H3,(H,24,27,28). The summed E-state index contributed by atoms with van der Waals surface area (Å²) in [4.78, 5) is 28.1. The third kappa shape index (κ3) is 4.90. The fourth-order valence-electron chi connectivity index (χ4n) is 4.37. The number of piperidine rings is 1. The van der Waals surface area contributed by atoms with Crippen molar-refractivity contribution in [3.05, 3.63) is 29.6 Å². The third-order valence-electron chi connectivity index (χ3n) is 6.13. The van der Waals surface area contributed by atoms with E-state index in [1.807, 2.05) is 6.07 Å². The summed E-state index contributed by atoms with van der Waals surface area (Å²) in [5, 5.41) is 2.31. The van der Waals surface area contributed by atoms with Gasteiger partial charge in [0.2, 0.25) is 11.8 Å². The zero-order chi connectivity index (χ0) is 20.1. The van der Waals surface area contributed by atoms with Crippen molar-refractivity contribution in [3.8, 4) is 0 Å². The van der Waals surface area contributed by atoms with E-state index in [4.69, 9.17) is 0 Å². The quantitative estimate of drug-likeness (QED) is 0.727. The van der Waals surface area contributed by atoms with Gasteiger partial charge in [-0.3, -0.25) is 19.8 Å². The van der Waals surface area contributed by atoms with Gasteiger partial charge in [-0.1, -0.05) is 32.8 Å². The lowest BCUT2D eigenvalue weighted by atomic mass is 9.90. The molecule has 1 aromatic carbocycles. The Labute approximate surface area is 167 Å². The first kappa shape index (κ1) is 20.8. The zero-order valence-corrected chi connectivity index (χ0v) is 17.0. The molecule has 6 heteroatoms. The number of nitrogens with zero attached hydrogens (tertiary/aromatic N) is 2. The Morgan fingerprint density at radius 2 is 1.93 bits per heavy atom. The SMILES string of the molecule is CCCC(CC)CN1CCN(c2ccc(C3CCC(=O)NC3=O)c(F)c2)CC1. The molecule has 0 aromatic heterocycles. The number of nitrogens with one attached hydrogen (secondary N) is 1. The molecule has 0 spiro atoms. The minimum Gasteiger partial charge on any atom is -0.369 e. The van der Waals surface area contributed by atoms with E-state index in [-0.39, 0.29) is 18.1 Å². The average molecular weight is 390 g/mol. The normalized spacial score (nSPS) is 22.2. The molecule has 2 heterocycles. The summed E-state index contributed by atoms with van der Waals surface area (Å²) in [6.07, 6.45) is 4.37. The van der Waals surface area contributed by atoms with Gasteiger partial charge in [-0.25, -0.2) is 4.39 Å². The van der Waals surface area contributed by atoms with Gasteiger partial charge in [0.15, 0.2) is 0 Å². The lowest BCUT2D eigenvalue weighted by Gasteiger charge is -2.37. The second kappa shape index (κ2) is 9.50. The summed E-state index contributed by atoms with van der Waals surface area (Å²) >= 11 is 0. The third-order valence-corrected chi connectivity index (χ3v) is 6.13. The molecule has 154 valence electrons. The summed E-state index contributed by atoms with van der Waals surface area (Å²) in [7, 11) is 0. The first-order valence-electron chi connectivity index (χ1n) is 10.6. The average Bonchev–Trinajstić information content (AvgIpc) is 2.69. The van der Waals surface area contributed by atoms with Crippen molar-refractivity contribution in [2.75, 3.05) is 37.6 Å². The molecule has 0 bridgehead atoms. The molecule has 28 heavy (non-hydrogen) atoms. The molecule has 3 rings (SSSR count). The molecule has 2 aliphatic heterocycles. The van der Waals surface area contributed by atoms with Crippen LogP contribution < -0.4 is 10.2 Å². The largest absolute Gasteiger partial charge is 0.369 e. The highest BCUT2D eigenvalue weighted by Crippen LogP contribution is 2.30. The maximum Gasteiger partial charge on any atom is 0.234 e. The van der Waals surface area contributed by atoms with Crippen LogP contribution in [0.3, 0.4) is 0 Å². The number of hydrogen-bond donors (Lipinski definition) is 1. The van der Waals surface area contributed by atoms with Crippen molar-refractivity contribution in [2.24, 2.45) is 5.92 Å². The predicted octanol–water partition coefficient (Wildman–Crippen LogP) is 3.29. The molecular weight excluding hydrogens is 357 g/mol. The van der Waals surface area contributed by atoms with Gasteiger partial charge in [0.25, 0.3) is 0 Å². The summed E-state index contributed by atoms with van der Waals surface area (Å²) in [6, 6.07) is 5.16. The van der Waals surface area contributed by atoms with E-state index in [9.17, 15) is 14.0 Å². The van der Waals surface area contributed by atoms with Crippen LogP contribution >= 0.6 is 0 Å². The summed E-state index contributed by atoms with van der Waals surface area (Å²) < 4.78 is 14.7. The number of hydrogen-bond acceptors (Lipinski definition) is 4. The highest BCUT2D eigenvalue weighted by Gasteiger charge is 2.30. The predicted molar refractivity (Wildman–Crippen MR) is 109 cm³/mol. The van der Waals surface area contributed by atoms with Crippen LogP contribution in [-0.2, 0) is 9.59 Å². The number of carbonyl (C=O) groups excluding carboxylic acids is 2. The number of amides is 2. The van der Waals surface area contributed by atoms with E-state index < -0.39 is 11.8 Å². The summed E-state index contributed by atoms with van der Waals surface area (Å²) in [6.45, 7) is 9.44. The van der Waals surface area contributed by atoms with Gasteiger partial charge >= 0.3 is 0 Å². The van der Waals surface area contributed by atoms with Crippen LogP contribution in [-0.4, -0.2) is 49.4 Å². The van der Waals surface area contributed by atoms with Gasteiger partial charge in [0.05, 0.1) is 5.92 Å². The van der Waals surface area contributed by atoms with Crippen LogP contribution in [0.4, 0.5) is 10.1 Å². The maximum absolute atomic E-state index is 14.7. The first-order valence-corrected chi connectivity index (χ1v) is 10.6. The smallest absolute Gasteiger partial charge is 0.234 e. The summed E-state index contributed by atoms with van der Waals surface area (Å²) in [5.74, 6) is -0.840. The van der Waals surface area contributed by atoms with Crippen molar-refractivity contribution in [1.82, 2.24) is 10.2 Å². The van der Waals surface area contributed by atoms with Crippen molar-refractivity contribution in [3.63, 3.8) is 0 Å². The van der Waals surface area contributed by atoms with Crippen LogP contribution in [0, 0.1) is 11.7 Å². The van der Waals surface area contributed by atoms with Gasteiger partial charge in [-0.05, 0) is 30.9 Å². The Balaban J connectivity index is 1.59. The van der Waals surface area contributed by atoms with Gasteiger partial charge < -0.3 is 4.90 Å². The van der Waals surface area contributed by atoms with Crippen molar-refractivity contribution in [2.45, 2.75) is 51.9 Å². The number of halogens is 1. The molecule has 2 saturated heterocycles. The molecule has 0 aliphatic carbocycles. The van der Waals surface area contributed by atoms with Crippen LogP contribution in [0.1, 0.15) is 57.4 Å². The molecule has 2 atom stereocenters. The lowest BCUT2D eigenvalue weighted by Crippen LogP contribution is -2.47. The van der Waals surface area contributed by atoms with Crippen LogP contribution in [0.25, 0.3) is 0 Å².